The summed E-state index contributed by atoms with van der Waals surface area (Å²) in [6, 6.07) is 8.27. The number of hydrogen-bond acceptors (Lipinski definition) is 6. The van der Waals surface area contributed by atoms with Gasteiger partial charge in [0.05, 0.1) is 6.54 Å². The van der Waals surface area contributed by atoms with Crippen molar-refractivity contribution in [1.29, 1.82) is 0 Å². The van der Waals surface area contributed by atoms with Crippen LogP contribution in [0.1, 0.15) is 43.7 Å². The minimum absolute atomic E-state index is 0.185. The predicted molar refractivity (Wildman–Crippen MR) is 120 cm³/mol. The zero-order valence-corrected chi connectivity index (χ0v) is 19.4. The average molecular weight is 468 g/mol. The Balaban J connectivity index is 1.78. The number of hydrogen-bond donors (Lipinski definition) is 0. The van der Waals surface area contributed by atoms with Gasteiger partial charge in [0.2, 0.25) is 0 Å². The predicted octanol–water partition coefficient (Wildman–Crippen LogP) is 4.59. The first-order chi connectivity index (χ1) is 13.5. The molecule has 0 saturated carbocycles. The van der Waals surface area contributed by atoms with Crippen LogP contribution in [0, 0.1) is 5.21 Å². The Morgan fingerprint density at radius 3 is 2.86 bits per heavy atom. The van der Waals surface area contributed by atoms with Crippen LogP contribution in [0.15, 0.2) is 28.7 Å². The molecule has 1 aliphatic heterocycles. The van der Waals surface area contributed by atoms with Crippen LogP contribution in [0.25, 0.3) is 0 Å². The first kappa shape index (κ1) is 21.8. The summed E-state index contributed by atoms with van der Waals surface area (Å²) >= 11 is 5.03. The standard InChI is InChI=1S/C20H30BrN5OS/c1-4-6-7-11-18-22-23-20(28-18)26(27)15-25(5-2)14-19(26)24(3)13-16-9-8-10-17(21)12-16/h8-10,12,19H,4-7,11,13-15H2,1-3H3. The maximum absolute atomic E-state index is 14.0. The Morgan fingerprint density at radius 2 is 2.14 bits per heavy atom. The lowest BCUT2D eigenvalue weighted by atomic mass is 10.2. The fraction of sp³-hybridized carbons (Fsp3) is 0.600. The van der Waals surface area contributed by atoms with Gasteiger partial charge in [0.1, 0.15) is 11.7 Å². The van der Waals surface area contributed by atoms with E-state index in [2.05, 4.69) is 61.9 Å². The number of benzene rings is 1. The number of likely N-dealkylation sites (N-methyl/N-ethyl adjacent to an activating group) is 2. The Kier molecular flexibility index (Phi) is 7.58. The van der Waals surface area contributed by atoms with Gasteiger partial charge in [0.25, 0.3) is 0 Å². The molecule has 6 nitrogen and oxygen atoms in total. The quantitative estimate of drug-likeness (QED) is 0.306. The number of aryl methyl sites for hydroxylation is 1. The van der Waals surface area contributed by atoms with Gasteiger partial charge in [-0.2, -0.15) is 0 Å². The highest BCUT2D eigenvalue weighted by Crippen LogP contribution is 2.35. The van der Waals surface area contributed by atoms with Gasteiger partial charge < -0.3 is 5.21 Å². The van der Waals surface area contributed by atoms with Crippen molar-refractivity contribution in [2.45, 2.75) is 52.2 Å². The third-order valence-corrected chi connectivity index (χ3v) is 6.95. The van der Waals surface area contributed by atoms with Crippen LogP contribution < -0.4 is 4.65 Å². The largest absolute Gasteiger partial charge is 0.623 e. The van der Waals surface area contributed by atoms with Crippen LogP contribution >= 0.6 is 27.3 Å². The van der Waals surface area contributed by atoms with Crippen molar-refractivity contribution in [2.24, 2.45) is 0 Å². The first-order valence-electron chi connectivity index (χ1n) is 10.0. The van der Waals surface area contributed by atoms with Crippen molar-refractivity contribution in [1.82, 2.24) is 24.6 Å². The second-order valence-electron chi connectivity index (χ2n) is 7.57. The van der Waals surface area contributed by atoms with Gasteiger partial charge in [-0.05, 0) is 42.5 Å². The molecule has 0 N–H and O–H groups in total. The maximum Gasteiger partial charge on any atom is 0.309 e. The fourth-order valence-electron chi connectivity index (χ4n) is 3.74. The molecule has 8 heteroatoms. The van der Waals surface area contributed by atoms with Crippen LogP contribution in [0.2, 0.25) is 0 Å². The van der Waals surface area contributed by atoms with E-state index in [1.54, 1.807) is 0 Å². The van der Waals surface area contributed by atoms with E-state index in [-0.39, 0.29) is 6.17 Å². The van der Waals surface area contributed by atoms with Crippen molar-refractivity contribution in [3.63, 3.8) is 0 Å². The summed E-state index contributed by atoms with van der Waals surface area (Å²) in [5.74, 6) is 0. The van der Waals surface area contributed by atoms with E-state index in [1.807, 2.05) is 19.2 Å². The van der Waals surface area contributed by atoms with Gasteiger partial charge in [0.15, 0.2) is 6.17 Å². The molecule has 1 aliphatic rings. The summed E-state index contributed by atoms with van der Waals surface area (Å²) in [6.07, 6.45) is 4.21. The van der Waals surface area contributed by atoms with Crippen molar-refractivity contribution in [3.8, 4) is 0 Å². The third-order valence-electron chi connectivity index (χ3n) is 5.36. The van der Waals surface area contributed by atoms with Crippen molar-refractivity contribution in [3.05, 3.63) is 44.5 Å². The molecule has 2 heterocycles. The molecule has 1 saturated heterocycles. The number of unbranched alkanes of at least 4 members (excludes halogenated alkanes) is 2. The maximum atomic E-state index is 14.0. The highest BCUT2D eigenvalue weighted by atomic mass is 79.9. The second kappa shape index (κ2) is 9.73. The monoisotopic (exact) mass is 467 g/mol. The second-order valence-corrected chi connectivity index (χ2v) is 9.52. The molecule has 0 radical (unpaired) electrons. The average Bonchev–Trinajstić information content (AvgIpc) is 3.27. The Morgan fingerprint density at radius 1 is 1.32 bits per heavy atom. The van der Waals surface area contributed by atoms with Gasteiger partial charge in [-0.1, -0.05) is 59.9 Å². The van der Waals surface area contributed by atoms with Gasteiger partial charge >= 0.3 is 5.13 Å². The smallest absolute Gasteiger partial charge is 0.309 e. The number of aromatic nitrogens is 2. The molecule has 28 heavy (non-hydrogen) atoms. The molecule has 3 rings (SSSR count). The molecule has 2 unspecified atom stereocenters. The van der Waals surface area contributed by atoms with E-state index in [9.17, 15) is 5.21 Å². The Labute approximate surface area is 180 Å². The summed E-state index contributed by atoms with van der Waals surface area (Å²) in [5, 5.41) is 24.2. The van der Waals surface area contributed by atoms with Crippen molar-refractivity contribution >= 4 is 32.4 Å². The number of hydroxylamine groups is 2. The number of nitrogens with zero attached hydrogens (tertiary/aromatic N) is 5. The molecular weight excluding hydrogens is 438 g/mol. The van der Waals surface area contributed by atoms with Crippen molar-refractivity contribution in [2.75, 3.05) is 26.8 Å². The molecule has 154 valence electrons. The lowest BCUT2D eigenvalue weighted by Crippen LogP contribution is -2.56. The first-order valence-corrected chi connectivity index (χ1v) is 11.7. The summed E-state index contributed by atoms with van der Waals surface area (Å²) in [7, 11) is 2.04. The lowest BCUT2D eigenvalue weighted by molar-refractivity contribution is 0.140. The van der Waals surface area contributed by atoms with E-state index >= 15 is 0 Å². The third kappa shape index (κ3) is 4.98. The lowest BCUT2D eigenvalue weighted by Gasteiger charge is -2.43. The number of quaternary nitrogens is 1. The van der Waals surface area contributed by atoms with E-state index in [4.69, 9.17) is 0 Å². The molecule has 0 bridgehead atoms. The van der Waals surface area contributed by atoms with E-state index < -0.39 is 4.65 Å². The normalized spacial score (nSPS) is 23.0. The van der Waals surface area contributed by atoms with Crippen molar-refractivity contribution < 1.29 is 0 Å². The molecule has 2 aromatic rings. The summed E-state index contributed by atoms with van der Waals surface area (Å²) in [4.78, 5) is 4.38. The highest BCUT2D eigenvalue weighted by molar-refractivity contribution is 9.10. The topological polar surface area (TPSA) is 55.3 Å². The van der Waals surface area contributed by atoms with E-state index in [0.29, 0.717) is 11.8 Å². The molecule has 0 aliphatic carbocycles. The van der Waals surface area contributed by atoms with Gasteiger partial charge in [-0.15, -0.1) is 5.10 Å². The molecular formula is C20H30BrN5OS. The molecule has 1 fully saturated rings. The Bertz CT molecular complexity index is 773. The fourth-order valence-corrected chi connectivity index (χ4v) is 5.14. The molecule has 2 atom stereocenters. The summed E-state index contributed by atoms with van der Waals surface area (Å²) in [5.41, 5.74) is 1.19. The summed E-state index contributed by atoms with van der Waals surface area (Å²) < 4.78 is 0.632. The highest BCUT2D eigenvalue weighted by Gasteiger charge is 2.45. The molecule has 1 aromatic heterocycles. The Hall–Kier alpha value is -0.900. The van der Waals surface area contributed by atoms with Crippen LogP contribution in [0.3, 0.4) is 0 Å². The minimum Gasteiger partial charge on any atom is -0.623 e. The van der Waals surface area contributed by atoms with E-state index in [0.717, 1.165) is 42.0 Å². The van der Waals surface area contributed by atoms with E-state index in [1.165, 1.54) is 29.7 Å². The van der Waals surface area contributed by atoms with Crippen LogP contribution in [-0.4, -0.2) is 53.0 Å². The zero-order valence-electron chi connectivity index (χ0n) is 17.0. The molecule has 0 spiro atoms. The van der Waals surface area contributed by atoms with Gasteiger partial charge in [0, 0.05) is 24.0 Å². The zero-order chi connectivity index (χ0) is 20.1. The van der Waals surface area contributed by atoms with Crippen LogP contribution in [0.5, 0.6) is 0 Å². The summed E-state index contributed by atoms with van der Waals surface area (Å²) in [6.45, 7) is 7.08. The molecule has 1 aromatic carbocycles. The number of rotatable bonds is 9. The van der Waals surface area contributed by atoms with Gasteiger partial charge in [-0.3, -0.25) is 9.55 Å². The van der Waals surface area contributed by atoms with Gasteiger partial charge in [-0.25, -0.2) is 4.90 Å². The molecule has 0 amide bonds. The minimum atomic E-state index is -0.427. The van der Waals surface area contributed by atoms with Crippen LogP contribution in [-0.2, 0) is 13.0 Å². The number of halogens is 1. The SMILES string of the molecule is CCCCCc1nnc([N+]2([O-])CN(CC)CC2N(C)Cc2cccc(Br)c2)s1. The van der Waals surface area contributed by atoms with Crippen LogP contribution in [0.4, 0.5) is 5.13 Å².